The minimum Gasteiger partial charge on any atom is -0.453 e. The van der Waals surface area contributed by atoms with E-state index in [-0.39, 0.29) is 18.2 Å². The first-order chi connectivity index (χ1) is 11.1. The highest BCUT2D eigenvalue weighted by atomic mass is 16.5. The Morgan fingerprint density at radius 3 is 2.74 bits per heavy atom. The fraction of sp³-hybridized carbons (Fsp3) is 0.875. The predicted octanol–water partition coefficient (Wildman–Crippen LogP) is 1.39. The number of methoxy groups -OCH3 is 1. The molecular weight excluding hydrogens is 296 g/mol. The van der Waals surface area contributed by atoms with Crippen LogP contribution < -0.4 is 10.6 Å². The van der Waals surface area contributed by atoms with Gasteiger partial charge in [0.2, 0.25) is 0 Å². The van der Waals surface area contributed by atoms with Crippen LogP contribution in [0.2, 0.25) is 0 Å². The van der Waals surface area contributed by atoms with E-state index in [1.54, 1.807) is 4.90 Å². The van der Waals surface area contributed by atoms with Gasteiger partial charge in [0.1, 0.15) is 0 Å². The standard InChI is InChI=1S/C16H30N4O3/c1-13-6-3-4-9-19(13)11-8-17-15(21)18-14-7-5-10-20(12-14)16(22)23-2/h13-14H,3-12H2,1-2H3,(H2,17,18,21)/t13-,14+/m1/s1. The van der Waals surface area contributed by atoms with Crippen molar-refractivity contribution >= 4 is 12.1 Å². The average molecular weight is 326 g/mol. The van der Waals surface area contributed by atoms with Crippen molar-refractivity contribution < 1.29 is 14.3 Å². The van der Waals surface area contributed by atoms with Crippen molar-refractivity contribution in [3.8, 4) is 0 Å². The van der Waals surface area contributed by atoms with Crippen molar-refractivity contribution in [3.63, 3.8) is 0 Å². The highest BCUT2D eigenvalue weighted by molar-refractivity contribution is 5.74. The van der Waals surface area contributed by atoms with Crippen LogP contribution in [-0.4, -0.2) is 73.8 Å². The molecule has 2 saturated heterocycles. The smallest absolute Gasteiger partial charge is 0.409 e. The number of urea groups is 1. The Balaban J connectivity index is 1.65. The average Bonchev–Trinajstić information content (AvgIpc) is 2.56. The summed E-state index contributed by atoms with van der Waals surface area (Å²) in [6, 6.07) is 0.462. The molecule has 7 nitrogen and oxygen atoms in total. The predicted molar refractivity (Wildman–Crippen MR) is 88.4 cm³/mol. The fourth-order valence-electron chi connectivity index (χ4n) is 3.43. The minimum absolute atomic E-state index is 0.00300. The van der Waals surface area contributed by atoms with Crippen molar-refractivity contribution in [1.82, 2.24) is 20.4 Å². The molecule has 0 saturated carbocycles. The largest absolute Gasteiger partial charge is 0.453 e. The Labute approximate surface area is 138 Å². The van der Waals surface area contributed by atoms with Crippen molar-refractivity contribution in [1.29, 1.82) is 0 Å². The second kappa shape index (κ2) is 8.96. The van der Waals surface area contributed by atoms with Crippen LogP contribution in [0.25, 0.3) is 0 Å². The molecule has 0 aliphatic carbocycles. The molecule has 0 spiro atoms. The lowest BCUT2D eigenvalue weighted by atomic mass is 10.0. The van der Waals surface area contributed by atoms with E-state index in [4.69, 9.17) is 4.74 Å². The maximum absolute atomic E-state index is 12.0. The molecule has 2 fully saturated rings. The lowest BCUT2D eigenvalue weighted by molar-refractivity contribution is 0.108. The van der Waals surface area contributed by atoms with Crippen LogP contribution in [0, 0.1) is 0 Å². The van der Waals surface area contributed by atoms with Crippen LogP contribution in [-0.2, 0) is 4.74 Å². The highest BCUT2D eigenvalue weighted by Crippen LogP contribution is 2.15. The van der Waals surface area contributed by atoms with Crippen molar-refractivity contribution in [2.24, 2.45) is 0 Å². The van der Waals surface area contributed by atoms with Gasteiger partial charge in [-0.15, -0.1) is 0 Å². The van der Waals surface area contributed by atoms with E-state index in [0.29, 0.717) is 25.7 Å². The molecule has 0 unspecified atom stereocenters. The first-order valence-electron chi connectivity index (χ1n) is 8.71. The van der Waals surface area contributed by atoms with Gasteiger partial charge in [-0.25, -0.2) is 9.59 Å². The number of ether oxygens (including phenoxy) is 1. The quantitative estimate of drug-likeness (QED) is 0.819. The Morgan fingerprint density at radius 1 is 1.17 bits per heavy atom. The summed E-state index contributed by atoms with van der Waals surface area (Å²) in [6.45, 7) is 6.14. The number of nitrogens with one attached hydrogen (secondary N) is 2. The summed E-state index contributed by atoms with van der Waals surface area (Å²) >= 11 is 0. The number of rotatable bonds is 4. The zero-order valence-electron chi connectivity index (χ0n) is 14.3. The van der Waals surface area contributed by atoms with Crippen LogP contribution >= 0.6 is 0 Å². The zero-order valence-corrected chi connectivity index (χ0v) is 14.3. The molecule has 23 heavy (non-hydrogen) atoms. The van der Waals surface area contributed by atoms with E-state index in [9.17, 15) is 9.59 Å². The molecule has 0 aromatic rings. The van der Waals surface area contributed by atoms with Gasteiger partial charge in [0.05, 0.1) is 7.11 Å². The zero-order chi connectivity index (χ0) is 16.7. The van der Waals surface area contributed by atoms with Gasteiger partial charge in [0.25, 0.3) is 0 Å². The number of likely N-dealkylation sites (tertiary alicyclic amines) is 2. The van der Waals surface area contributed by atoms with Crippen LogP contribution in [0.5, 0.6) is 0 Å². The number of hydrogen-bond donors (Lipinski definition) is 2. The second-order valence-corrected chi connectivity index (χ2v) is 6.54. The van der Waals surface area contributed by atoms with E-state index < -0.39 is 0 Å². The van der Waals surface area contributed by atoms with Crippen LogP contribution in [0.15, 0.2) is 0 Å². The van der Waals surface area contributed by atoms with E-state index >= 15 is 0 Å². The van der Waals surface area contributed by atoms with Crippen LogP contribution in [0.3, 0.4) is 0 Å². The van der Waals surface area contributed by atoms with Gasteiger partial charge in [-0.1, -0.05) is 6.42 Å². The SMILES string of the molecule is COC(=O)N1CCC[C@H](NC(=O)NCCN2CCCC[C@H]2C)C1. The van der Waals surface area contributed by atoms with Crippen molar-refractivity contribution in [3.05, 3.63) is 0 Å². The van der Waals surface area contributed by atoms with Gasteiger partial charge in [-0.05, 0) is 39.2 Å². The number of amides is 3. The summed E-state index contributed by atoms with van der Waals surface area (Å²) in [5.41, 5.74) is 0. The molecule has 0 radical (unpaired) electrons. The summed E-state index contributed by atoms with van der Waals surface area (Å²) in [5, 5.41) is 5.89. The molecule has 3 amide bonds. The molecule has 0 bridgehead atoms. The van der Waals surface area contributed by atoms with Gasteiger partial charge >= 0.3 is 12.1 Å². The summed E-state index contributed by atoms with van der Waals surface area (Å²) < 4.78 is 4.74. The van der Waals surface area contributed by atoms with Crippen molar-refractivity contribution in [2.75, 3.05) is 39.8 Å². The van der Waals surface area contributed by atoms with Gasteiger partial charge in [0, 0.05) is 38.3 Å². The van der Waals surface area contributed by atoms with Gasteiger partial charge in [0.15, 0.2) is 0 Å². The summed E-state index contributed by atoms with van der Waals surface area (Å²) in [6.07, 6.45) is 5.26. The molecule has 0 aromatic heterocycles. The Hall–Kier alpha value is -1.50. The molecule has 2 heterocycles. The lowest BCUT2D eigenvalue weighted by Crippen LogP contribution is -2.52. The summed E-state index contributed by atoms with van der Waals surface area (Å²) in [7, 11) is 1.38. The normalized spacial score (nSPS) is 25.7. The molecule has 0 aromatic carbocycles. The third-order valence-corrected chi connectivity index (χ3v) is 4.81. The first kappa shape index (κ1) is 17.8. The molecular formula is C16H30N4O3. The number of carbonyl (C=O) groups excluding carboxylic acids is 2. The fourth-order valence-corrected chi connectivity index (χ4v) is 3.43. The van der Waals surface area contributed by atoms with Gasteiger partial charge < -0.3 is 20.3 Å². The van der Waals surface area contributed by atoms with Crippen LogP contribution in [0.4, 0.5) is 9.59 Å². The Kier molecular flexibility index (Phi) is 6.95. The number of piperidine rings is 2. The highest BCUT2D eigenvalue weighted by Gasteiger charge is 2.25. The molecule has 2 aliphatic rings. The Morgan fingerprint density at radius 2 is 2.00 bits per heavy atom. The number of carbonyl (C=O) groups is 2. The molecule has 2 atom stereocenters. The summed E-state index contributed by atoms with van der Waals surface area (Å²) in [5.74, 6) is 0. The Bertz CT molecular complexity index is 405. The van der Waals surface area contributed by atoms with E-state index in [1.165, 1.54) is 26.4 Å². The van der Waals surface area contributed by atoms with Gasteiger partial charge in [-0.2, -0.15) is 0 Å². The van der Waals surface area contributed by atoms with Crippen molar-refractivity contribution in [2.45, 2.75) is 51.1 Å². The second-order valence-electron chi connectivity index (χ2n) is 6.54. The van der Waals surface area contributed by atoms with Crippen LogP contribution in [0.1, 0.15) is 39.0 Å². The van der Waals surface area contributed by atoms with E-state index in [0.717, 1.165) is 25.9 Å². The molecule has 7 heteroatoms. The molecule has 2 N–H and O–H groups in total. The first-order valence-corrected chi connectivity index (χ1v) is 8.71. The maximum Gasteiger partial charge on any atom is 0.409 e. The third-order valence-electron chi connectivity index (χ3n) is 4.81. The molecule has 132 valence electrons. The third kappa shape index (κ3) is 5.57. The number of hydrogen-bond acceptors (Lipinski definition) is 4. The number of nitrogens with zero attached hydrogens (tertiary/aromatic N) is 2. The topological polar surface area (TPSA) is 73.9 Å². The maximum atomic E-state index is 12.0. The van der Waals surface area contributed by atoms with Gasteiger partial charge in [-0.3, -0.25) is 4.90 Å². The minimum atomic E-state index is -0.323. The summed E-state index contributed by atoms with van der Waals surface area (Å²) in [4.78, 5) is 27.6. The monoisotopic (exact) mass is 326 g/mol. The van der Waals surface area contributed by atoms with E-state index in [1.807, 2.05) is 0 Å². The lowest BCUT2D eigenvalue weighted by Gasteiger charge is -2.33. The molecule has 2 aliphatic heterocycles. The van der Waals surface area contributed by atoms with E-state index in [2.05, 4.69) is 22.5 Å². The molecule has 2 rings (SSSR count).